The Hall–Kier alpha value is -1.88. The zero-order valence-corrected chi connectivity index (χ0v) is 14.5. The minimum absolute atomic E-state index is 0.0119. The van der Waals surface area contributed by atoms with E-state index in [0.29, 0.717) is 11.3 Å². The van der Waals surface area contributed by atoms with Gasteiger partial charge in [-0.1, -0.05) is 17.2 Å². The number of hydrogen-bond acceptors (Lipinski definition) is 3. The van der Waals surface area contributed by atoms with E-state index in [1.807, 2.05) is 0 Å². The molecular formula is C18H19ClFNO3. The molecule has 3 rings (SSSR count). The predicted molar refractivity (Wildman–Crippen MR) is 89.8 cm³/mol. The summed E-state index contributed by atoms with van der Waals surface area (Å²) < 4.78 is 20.2. The molecule has 2 amide bonds. The van der Waals surface area contributed by atoms with Gasteiger partial charge in [0.25, 0.3) is 5.91 Å². The van der Waals surface area contributed by atoms with Crippen LogP contribution in [0.15, 0.2) is 23.3 Å². The van der Waals surface area contributed by atoms with Gasteiger partial charge >= 0.3 is 0 Å². The summed E-state index contributed by atoms with van der Waals surface area (Å²) in [6, 6.07) is 2.46. The Kier molecular flexibility index (Phi) is 4.63. The van der Waals surface area contributed by atoms with Crippen molar-refractivity contribution in [2.75, 3.05) is 4.90 Å². The number of nitrogens with zero attached hydrogens (tertiary/aromatic N) is 1. The van der Waals surface area contributed by atoms with Gasteiger partial charge in [0.1, 0.15) is 11.6 Å². The fourth-order valence-electron chi connectivity index (χ4n) is 3.15. The smallest absolute Gasteiger partial charge is 0.261 e. The molecule has 1 aliphatic heterocycles. The van der Waals surface area contributed by atoms with Gasteiger partial charge in [-0.3, -0.25) is 9.59 Å². The number of hydrogen-bond donors (Lipinski definition) is 0. The molecule has 0 unspecified atom stereocenters. The monoisotopic (exact) mass is 351 g/mol. The first kappa shape index (κ1) is 17.0. The molecule has 1 aromatic carbocycles. The number of imide groups is 1. The van der Waals surface area contributed by atoms with E-state index < -0.39 is 17.6 Å². The van der Waals surface area contributed by atoms with E-state index in [1.165, 1.54) is 6.07 Å². The lowest BCUT2D eigenvalue weighted by Crippen LogP contribution is -2.30. The van der Waals surface area contributed by atoms with Crippen LogP contribution in [0.4, 0.5) is 10.1 Å². The molecule has 128 valence electrons. The van der Waals surface area contributed by atoms with Gasteiger partial charge in [-0.25, -0.2) is 9.29 Å². The van der Waals surface area contributed by atoms with Crippen LogP contribution in [-0.4, -0.2) is 17.9 Å². The van der Waals surface area contributed by atoms with Crippen molar-refractivity contribution < 1.29 is 18.7 Å². The topological polar surface area (TPSA) is 46.6 Å². The molecule has 0 N–H and O–H groups in total. The maximum Gasteiger partial charge on any atom is 0.261 e. The van der Waals surface area contributed by atoms with Crippen molar-refractivity contribution in [3.8, 4) is 5.75 Å². The van der Waals surface area contributed by atoms with E-state index in [2.05, 4.69) is 0 Å². The summed E-state index contributed by atoms with van der Waals surface area (Å²) in [6.07, 6.45) is 4.05. The molecule has 2 aliphatic rings. The van der Waals surface area contributed by atoms with E-state index >= 15 is 0 Å². The molecule has 1 heterocycles. The number of ether oxygens (including phenoxy) is 1. The summed E-state index contributed by atoms with van der Waals surface area (Å²) >= 11 is 6.08. The summed E-state index contributed by atoms with van der Waals surface area (Å²) in [7, 11) is 0. The van der Waals surface area contributed by atoms with Crippen molar-refractivity contribution in [1.82, 2.24) is 0 Å². The Morgan fingerprint density at radius 1 is 1.25 bits per heavy atom. The molecule has 24 heavy (non-hydrogen) atoms. The molecule has 0 atom stereocenters. The molecule has 0 bridgehead atoms. The number of halogens is 2. The van der Waals surface area contributed by atoms with Crippen LogP contribution in [0.1, 0.15) is 46.0 Å². The molecule has 1 saturated heterocycles. The first-order valence-corrected chi connectivity index (χ1v) is 8.45. The van der Waals surface area contributed by atoms with Crippen molar-refractivity contribution >= 4 is 29.1 Å². The number of anilines is 1. The van der Waals surface area contributed by atoms with Crippen molar-refractivity contribution in [2.24, 2.45) is 0 Å². The average molecular weight is 352 g/mol. The normalized spacial score (nSPS) is 18.7. The number of allylic oxidation sites excluding steroid dienone is 1. The van der Waals surface area contributed by atoms with Gasteiger partial charge in [0.2, 0.25) is 5.91 Å². The first-order chi connectivity index (χ1) is 11.4. The van der Waals surface area contributed by atoms with Gasteiger partial charge in [-0.15, -0.1) is 0 Å². The molecule has 6 heteroatoms. The third-order valence-corrected chi connectivity index (χ3v) is 4.78. The molecule has 2 fully saturated rings. The second-order valence-corrected chi connectivity index (χ2v) is 6.86. The standard InChI is InChI=1S/C18H19ClFNO3/c1-10(2)12-7-17(22)21(18(12)23)15-9-16(13(19)8-14(15)20)24-11-5-3-4-6-11/h8-9,11H,3-7H2,1-2H3. The highest BCUT2D eigenvalue weighted by atomic mass is 35.5. The van der Waals surface area contributed by atoms with E-state index in [0.717, 1.165) is 42.2 Å². The number of carbonyl (C=O) groups is 2. The second kappa shape index (κ2) is 6.55. The highest BCUT2D eigenvalue weighted by Gasteiger charge is 2.37. The lowest BCUT2D eigenvalue weighted by molar-refractivity contribution is -0.120. The van der Waals surface area contributed by atoms with Crippen LogP contribution in [0.25, 0.3) is 0 Å². The van der Waals surface area contributed by atoms with Crippen LogP contribution in [0.3, 0.4) is 0 Å². The van der Waals surface area contributed by atoms with E-state index in [4.69, 9.17) is 16.3 Å². The van der Waals surface area contributed by atoms with Crippen LogP contribution in [-0.2, 0) is 9.59 Å². The summed E-state index contributed by atoms with van der Waals surface area (Å²) in [5.41, 5.74) is 1.07. The van der Waals surface area contributed by atoms with Gasteiger partial charge in [-0.05, 0) is 45.6 Å². The van der Waals surface area contributed by atoms with E-state index in [-0.39, 0.29) is 23.2 Å². The minimum atomic E-state index is -0.713. The van der Waals surface area contributed by atoms with Gasteiger partial charge < -0.3 is 4.74 Å². The quantitative estimate of drug-likeness (QED) is 0.599. The van der Waals surface area contributed by atoms with Gasteiger partial charge in [0, 0.05) is 11.6 Å². The van der Waals surface area contributed by atoms with Crippen molar-refractivity contribution in [1.29, 1.82) is 0 Å². The van der Waals surface area contributed by atoms with Crippen molar-refractivity contribution in [3.63, 3.8) is 0 Å². The fraction of sp³-hybridized carbons (Fsp3) is 0.444. The highest BCUT2D eigenvalue weighted by molar-refractivity contribution is 6.32. The Labute approximate surface area is 145 Å². The Balaban J connectivity index is 1.97. The third kappa shape index (κ3) is 3.05. The Bertz CT molecular complexity index is 734. The molecule has 0 aromatic heterocycles. The summed E-state index contributed by atoms with van der Waals surface area (Å²) in [5.74, 6) is -1.32. The van der Waals surface area contributed by atoms with Gasteiger partial charge in [0.05, 0.1) is 23.2 Å². The maximum atomic E-state index is 14.4. The molecule has 0 spiro atoms. The lowest BCUT2D eigenvalue weighted by Gasteiger charge is -2.19. The minimum Gasteiger partial charge on any atom is -0.489 e. The van der Waals surface area contributed by atoms with Crippen LogP contribution in [0, 0.1) is 5.82 Å². The second-order valence-electron chi connectivity index (χ2n) is 6.45. The zero-order valence-electron chi connectivity index (χ0n) is 13.7. The van der Waals surface area contributed by atoms with Crippen LogP contribution in [0.2, 0.25) is 5.02 Å². The lowest BCUT2D eigenvalue weighted by atomic mass is 10.1. The molecule has 1 aromatic rings. The largest absolute Gasteiger partial charge is 0.489 e. The summed E-state index contributed by atoms with van der Waals surface area (Å²) in [4.78, 5) is 25.6. The molecule has 1 saturated carbocycles. The van der Waals surface area contributed by atoms with Crippen LogP contribution >= 0.6 is 11.6 Å². The zero-order chi connectivity index (χ0) is 17.4. The maximum absolute atomic E-state index is 14.4. The summed E-state index contributed by atoms with van der Waals surface area (Å²) in [5, 5.41) is 0.143. The Morgan fingerprint density at radius 2 is 1.92 bits per heavy atom. The average Bonchev–Trinajstić information content (AvgIpc) is 3.11. The van der Waals surface area contributed by atoms with Gasteiger partial charge in [-0.2, -0.15) is 0 Å². The van der Waals surface area contributed by atoms with Crippen molar-refractivity contribution in [3.05, 3.63) is 34.1 Å². The van der Waals surface area contributed by atoms with Crippen molar-refractivity contribution in [2.45, 2.75) is 52.1 Å². The molecule has 4 nitrogen and oxygen atoms in total. The van der Waals surface area contributed by atoms with Crippen LogP contribution in [0.5, 0.6) is 5.75 Å². The number of carbonyl (C=O) groups excluding carboxylic acids is 2. The van der Waals surface area contributed by atoms with E-state index in [9.17, 15) is 14.0 Å². The molecule has 0 radical (unpaired) electrons. The number of amides is 2. The SMILES string of the molecule is CC(C)=C1CC(=O)N(c2cc(OC3CCCC3)c(Cl)cc2F)C1=O. The van der Waals surface area contributed by atoms with Gasteiger partial charge in [0.15, 0.2) is 0 Å². The number of benzene rings is 1. The molecule has 1 aliphatic carbocycles. The third-order valence-electron chi connectivity index (χ3n) is 4.48. The Morgan fingerprint density at radius 3 is 2.50 bits per heavy atom. The van der Waals surface area contributed by atoms with E-state index in [1.54, 1.807) is 13.8 Å². The predicted octanol–water partition coefficient (Wildman–Crippen LogP) is 4.40. The fourth-order valence-corrected chi connectivity index (χ4v) is 3.35. The van der Waals surface area contributed by atoms with Crippen LogP contribution < -0.4 is 9.64 Å². The first-order valence-electron chi connectivity index (χ1n) is 8.08. The highest BCUT2D eigenvalue weighted by Crippen LogP contribution is 2.37. The number of rotatable bonds is 3. The summed E-state index contributed by atoms with van der Waals surface area (Å²) in [6.45, 7) is 3.52. The molecular weight excluding hydrogens is 333 g/mol.